The van der Waals surface area contributed by atoms with Crippen molar-refractivity contribution in [2.75, 3.05) is 20.8 Å². The highest BCUT2D eigenvalue weighted by molar-refractivity contribution is 7.91. The molecule has 1 aromatic carbocycles. The topological polar surface area (TPSA) is 90.2 Å². The van der Waals surface area contributed by atoms with Crippen LogP contribution in [-0.2, 0) is 21.9 Å². The minimum atomic E-state index is -3.84. The Hall–Kier alpha value is -1.92. The van der Waals surface area contributed by atoms with Gasteiger partial charge in [-0.05, 0) is 37.1 Å². The number of carbonyl (C=O) groups is 1. The summed E-state index contributed by atoms with van der Waals surface area (Å²) in [4.78, 5) is 18.0. The van der Waals surface area contributed by atoms with Crippen molar-refractivity contribution in [1.82, 2.24) is 8.87 Å². The maximum atomic E-state index is 13.2. The second-order valence-corrected chi connectivity index (χ2v) is 12.0. The third-order valence-corrected chi connectivity index (χ3v) is 10.1. The number of nitrogens with zero attached hydrogens (tertiary/aromatic N) is 3. The van der Waals surface area contributed by atoms with E-state index in [2.05, 4.69) is 4.99 Å². The van der Waals surface area contributed by atoms with Crippen LogP contribution in [0.25, 0.3) is 10.2 Å². The number of carbonyl (C=O) groups excluding carboxylic acids is 1. The second kappa shape index (κ2) is 9.14. The molecule has 0 bridgehead atoms. The number of sulfonamides is 1. The third kappa shape index (κ3) is 4.08. The lowest BCUT2D eigenvalue weighted by Gasteiger charge is -2.31. The average Bonchev–Trinajstić information content (AvgIpc) is 3.37. The molecule has 0 aliphatic carbocycles. The summed E-state index contributed by atoms with van der Waals surface area (Å²) in [5, 5.41) is 0. The molecule has 8 nitrogen and oxygen atoms in total. The van der Waals surface area contributed by atoms with Gasteiger partial charge in [-0.3, -0.25) is 4.79 Å². The van der Waals surface area contributed by atoms with Gasteiger partial charge in [0.05, 0.1) is 18.6 Å². The van der Waals surface area contributed by atoms with Crippen LogP contribution < -0.4 is 14.3 Å². The minimum Gasteiger partial charge on any atom is -0.495 e. The van der Waals surface area contributed by atoms with Crippen molar-refractivity contribution >= 4 is 60.4 Å². The fraction of sp³-hybridized carbons (Fsp3) is 0.400. The second-order valence-electron chi connectivity index (χ2n) is 7.23. The summed E-state index contributed by atoms with van der Waals surface area (Å²) < 4.78 is 41.6. The average molecular weight is 516 g/mol. The van der Waals surface area contributed by atoms with Gasteiger partial charge >= 0.3 is 0 Å². The molecule has 1 amide bonds. The first-order valence-electron chi connectivity index (χ1n) is 9.84. The number of aryl methyl sites for hydroxylation is 1. The number of methoxy groups -OCH3 is 2. The lowest BCUT2D eigenvalue weighted by atomic mass is 10.0. The zero-order valence-corrected chi connectivity index (χ0v) is 20.9. The first-order chi connectivity index (χ1) is 15.3. The maximum Gasteiger partial charge on any atom is 0.266 e. The molecule has 1 aliphatic heterocycles. The molecule has 1 aliphatic rings. The van der Waals surface area contributed by atoms with Gasteiger partial charge in [0.1, 0.15) is 32.0 Å². The SMILES string of the molecule is COc1ccc(OC)c2c1sc(=NC(=O)C1CCCCN1S(=O)(=O)c1ccc(Cl)s1)n2C. The van der Waals surface area contributed by atoms with E-state index in [0.717, 1.165) is 28.0 Å². The van der Waals surface area contributed by atoms with E-state index in [1.54, 1.807) is 44.0 Å². The number of thiazole rings is 1. The van der Waals surface area contributed by atoms with E-state index in [0.29, 0.717) is 33.5 Å². The Balaban J connectivity index is 1.76. The zero-order chi connectivity index (χ0) is 23.0. The molecule has 172 valence electrons. The predicted molar refractivity (Wildman–Crippen MR) is 125 cm³/mol. The van der Waals surface area contributed by atoms with E-state index in [-0.39, 0.29) is 10.8 Å². The number of thiophene rings is 1. The van der Waals surface area contributed by atoms with E-state index >= 15 is 0 Å². The van der Waals surface area contributed by atoms with Gasteiger partial charge in [-0.15, -0.1) is 11.3 Å². The fourth-order valence-corrected chi connectivity index (χ4v) is 8.19. The van der Waals surface area contributed by atoms with E-state index in [1.807, 2.05) is 0 Å². The number of hydrogen-bond acceptors (Lipinski definition) is 7. The number of benzene rings is 1. The van der Waals surface area contributed by atoms with Crippen LogP contribution in [0.2, 0.25) is 4.34 Å². The molecule has 4 rings (SSSR count). The molecule has 1 fully saturated rings. The van der Waals surface area contributed by atoms with Gasteiger partial charge in [0.25, 0.3) is 15.9 Å². The Morgan fingerprint density at radius 3 is 2.50 bits per heavy atom. The van der Waals surface area contributed by atoms with Crippen LogP contribution in [0, 0.1) is 0 Å². The summed E-state index contributed by atoms with van der Waals surface area (Å²) in [7, 11) is 1.09. The van der Waals surface area contributed by atoms with Crippen molar-refractivity contribution in [2.24, 2.45) is 12.0 Å². The molecule has 12 heteroatoms. The third-order valence-electron chi connectivity index (χ3n) is 5.37. The Bertz CT molecular complexity index is 1340. The highest BCUT2D eigenvalue weighted by Gasteiger charge is 2.38. The molecular formula is C20H22ClN3O5S3. The van der Waals surface area contributed by atoms with Crippen molar-refractivity contribution < 1.29 is 22.7 Å². The lowest BCUT2D eigenvalue weighted by Crippen LogP contribution is -2.47. The summed E-state index contributed by atoms with van der Waals surface area (Å²) in [6.45, 7) is 0.268. The van der Waals surface area contributed by atoms with E-state index in [4.69, 9.17) is 21.1 Å². The Morgan fingerprint density at radius 2 is 1.84 bits per heavy atom. The van der Waals surface area contributed by atoms with Gasteiger partial charge in [0.15, 0.2) is 4.80 Å². The van der Waals surface area contributed by atoms with Gasteiger partial charge in [-0.2, -0.15) is 9.30 Å². The molecule has 3 aromatic rings. The maximum absolute atomic E-state index is 13.2. The number of fused-ring (bicyclic) bond motifs is 1. The highest BCUT2D eigenvalue weighted by atomic mass is 35.5. The number of halogens is 1. The predicted octanol–water partition coefficient (Wildman–Crippen LogP) is 3.64. The number of piperidine rings is 1. The molecule has 1 saturated heterocycles. The van der Waals surface area contributed by atoms with Crippen LogP contribution >= 0.6 is 34.3 Å². The van der Waals surface area contributed by atoms with Crippen LogP contribution in [0.4, 0.5) is 0 Å². The first-order valence-corrected chi connectivity index (χ1v) is 13.3. The first kappa shape index (κ1) is 23.2. The van der Waals surface area contributed by atoms with Crippen molar-refractivity contribution in [3.63, 3.8) is 0 Å². The number of ether oxygens (including phenoxy) is 2. The molecule has 1 unspecified atom stereocenters. The monoisotopic (exact) mass is 515 g/mol. The van der Waals surface area contributed by atoms with Crippen LogP contribution in [-0.4, -0.2) is 50.0 Å². The number of rotatable bonds is 5. The molecule has 0 radical (unpaired) electrons. The van der Waals surface area contributed by atoms with Crippen LogP contribution in [0.1, 0.15) is 19.3 Å². The summed E-state index contributed by atoms with van der Waals surface area (Å²) in [5.74, 6) is 0.785. The van der Waals surface area contributed by atoms with E-state index in [9.17, 15) is 13.2 Å². The minimum absolute atomic E-state index is 0.129. The Morgan fingerprint density at radius 1 is 1.12 bits per heavy atom. The molecule has 0 spiro atoms. The lowest BCUT2D eigenvalue weighted by molar-refractivity contribution is -0.122. The highest BCUT2D eigenvalue weighted by Crippen LogP contribution is 2.35. The summed E-state index contributed by atoms with van der Waals surface area (Å²) >= 11 is 8.22. The largest absolute Gasteiger partial charge is 0.495 e. The Labute approximate surface area is 198 Å². The summed E-state index contributed by atoms with van der Waals surface area (Å²) in [6.07, 6.45) is 1.86. The molecule has 2 aromatic heterocycles. The van der Waals surface area contributed by atoms with Gasteiger partial charge in [0, 0.05) is 13.6 Å². The Kier molecular flexibility index (Phi) is 6.64. The van der Waals surface area contributed by atoms with E-state index in [1.165, 1.54) is 21.7 Å². The summed E-state index contributed by atoms with van der Waals surface area (Å²) in [5.41, 5.74) is 0.754. The number of amides is 1. The molecule has 0 saturated carbocycles. The van der Waals surface area contributed by atoms with Gasteiger partial charge in [0.2, 0.25) is 0 Å². The van der Waals surface area contributed by atoms with Crippen LogP contribution in [0.3, 0.4) is 0 Å². The molecule has 32 heavy (non-hydrogen) atoms. The molecular weight excluding hydrogens is 494 g/mol. The van der Waals surface area contributed by atoms with Gasteiger partial charge < -0.3 is 14.0 Å². The number of hydrogen-bond donors (Lipinski definition) is 0. The van der Waals surface area contributed by atoms with E-state index < -0.39 is 22.0 Å². The van der Waals surface area contributed by atoms with Crippen molar-refractivity contribution in [3.05, 3.63) is 33.4 Å². The standard InChI is InChI=1S/C20H22ClN3O5S3/c1-23-17-13(28-2)7-8-14(29-3)18(17)31-20(23)22-19(25)12-6-4-5-11-24(12)32(26,27)16-10-9-15(21)30-16/h7-10,12H,4-6,11H2,1-3H3. The van der Waals surface area contributed by atoms with Crippen molar-refractivity contribution in [1.29, 1.82) is 0 Å². The smallest absolute Gasteiger partial charge is 0.266 e. The van der Waals surface area contributed by atoms with Crippen LogP contribution in [0.5, 0.6) is 11.5 Å². The molecule has 0 N–H and O–H groups in total. The normalized spacial score (nSPS) is 18.2. The van der Waals surface area contributed by atoms with Gasteiger partial charge in [-0.1, -0.05) is 29.4 Å². The molecule has 3 heterocycles. The number of aromatic nitrogens is 1. The summed E-state index contributed by atoms with van der Waals surface area (Å²) in [6, 6.07) is 5.75. The van der Waals surface area contributed by atoms with Crippen molar-refractivity contribution in [3.8, 4) is 11.5 Å². The fourth-order valence-electron chi connectivity index (χ4n) is 3.79. The van der Waals surface area contributed by atoms with Crippen LogP contribution in [0.15, 0.2) is 33.5 Å². The molecule has 1 atom stereocenters. The van der Waals surface area contributed by atoms with Gasteiger partial charge in [-0.25, -0.2) is 8.42 Å². The van der Waals surface area contributed by atoms with Crippen molar-refractivity contribution in [2.45, 2.75) is 29.5 Å². The zero-order valence-electron chi connectivity index (χ0n) is 17.7. The quantitative estimate of drug-likeness (QED) is 0.517.